The predicted molar refractivity (Wildman–Crippen MR) is 236 cm³/mol. The molecule has 10 atom stereocenters. The van der Waals surface area contributed by atoms with Crippen molar-refractivity contribution in [1.82, 2.24) is 10.6 Å². The van der Waals surface area contributed by atoms with Crippen LogP contribution in [0.2, 0.25) is 0 Å². The van der Waals surface area contributed by atoms with Gasteiger partial charge in [-0.1, -0.05) is 72.9 Å². The highest BCUT2D eigenvalue weighted by molar-refractivity contribution is 5.77. The molecule has 4 bridgehead atoms. The zero-order chi connectivity index (χ0) is 43.1. The first kappa shape index (κ1) is 46.5. The van der Waals surface area contributed by atoms with Gasteiger partial charge in [0.2, 0.25) is 0 Å². The highest BCUT2D eigenvalue weighted by Gasteiger charge is 2.71. The van der Waals surface area contributed by atoms with Crippen LogP contribution in [-0.4, -0.2) is 103 Å². The van der Waals surface area contributed by atoms with E-state index in [9.17, 15) is 30.3 Å². The highest BCUT2D eigenvalue weighted by atomic mass is 16.6. The Kier molecular flexibility index (Phi) is 15.5. The van der Waals surface area contributed by atoms with Gasteiger partial charge in [0.1, 0.15) is 19.3 Å². The lowest BCUT2D eigenvalue weighted by molar-refractivity contribution is -0.207. The molecule has 4 aliphatic carbocycles. The maximum atomic E-state index is 13.2. The number of nitrogens with one attached hydrogen (secondary N) is 2. The summed E-state index contributed by atoms with van der Waals surface area (Å²) in [5.41, 5.74) is 3.80. The molecular weight excluding hydrogens is 757 g/mol. The molecule has 0 saturated heterocycles. The minimum Gasteiger partial charge on any atom is -0.396 e. The van der Waals surface area contributed by atoms with E-state index in [0.29, 0.717) is 58.1 Å². The van der Waals surface area contributed by atoms with E-state index in [2.05, 4.69) is 66.6 Å². The molecule has 10 heteroatoms. The third-order valence-electron chi connectivity index (χ3n) is 15.1. The lowest BCUT2D eigenvalue weighted by Gasteiger charge is -2.66. The molecule has 330 valence electrons. The van der Waals surface area contributed by atoms with E-state index >= 15 is 0 Å². The predicted octanol–water partition coefficient (Wildman–Crippen LogP) is 5.80. The smallest absolute Gasteiger partial charge is 0.146 e. The first-order chi connectivity index (χ1) is 28.8. The number of ether oxygens (including phenoxy) is 2. The summed E-state index contributed by atoms with van der Waals surface area (Å²) in [7, 11) is 3.58. The molecule has 1 heterocycles. The Morgan fingerprint density at radius 1 is 1.15 bits per heavy atom. The third-order valence-corrected chi connectivity index (χ3v) is 15.1. The summed E-state index contributed by atoms with van der Waals surface area (Å²) < 4.78 is 11.1. The SMILES string of the molecule is C=C(/C=C/C=C(/COCO)[C@@H]1CC[C@]2([C@@H]1O)[C@H]1C3=C(C=O)CCC[C@@]3(C=C[C@@H]1CCO)C[C@]2(O)CCNC)[C@@H]1C/C=C(\C)[C@H](O)N[C@](C)(CCOC)Cc2cccc(c2)C1. The third kappa shape index (κ3) is 9.33. The topological polar surface area (TPSA) is 161 Å². The molecule has 1 aromatic rings. The van der Waals surface area contributed by atoms with Crippen molar-refractivity contribution in [3.05, 3.63) is 106 Å². The van der Waals surface area contributed by atoms with Gasteiger partial charge in [-0.2, -0.15) is 0 Å². The number of aliphatic hydroxyl groups excluding tert-OH is 4. The Morgan fingerprint density at radius 3 is 2.68 bits per heavy atom. The van der Waals surface area contributed by atoms with E-state index in [1.165, 1.54) is 11.1 Å². The van der Waals surface area contributed by atoms with Crippen molar-refractivity contribution >= 4 is 6.29 Å². The van der Waals surface area contributed by atoms with Crippen LogP contribution >= 0.6 is 0 Å². The molecular formula is C50H72N2O8. The fourth-order valence-corrected chi connectivity index (χ4v) is 12.1. The fourth-order valence-electron chi connectivity index (χ4n) is 12.1. The molecule has 2 saturated carbocycles. The normalized spacial score (nSPS) is 36.8. The number of carbonyl (C=O) groups is 1. The Labute approximate surface area is 358 Å². The van der Waals surface area contributed by atoms with E-state index in [4.69, 9.17) is 9.47 Å². The van der Waals surface area contributed by atoms with E-state index in [1.54, 1.807) is 7.11 Å². The van der Waals surface area contributed by atoms with Crippen LogP contribution in [0.25, 0.3) is 0 Å². The number of carbonyl (C=O) groups excluding carboxylic acids is 1. The molecule has 1 aromatic carbocycles. The number of benzene rings is 1. The van der Waals surface area contributed by atoms with Gasteiger partial charge in [-0.25, -0.2) is 0 Å². The lowest BCUT2D eigenvalue weighted by Crippen LogP contribution is -2.67. The first-order valence-electron chi connectivity index (χ1n) is 22.3. The molecule has 2 fully saturated rings. The minimum atomic E-state index is -1.25. The number of methoxy groups -OCH3 is 1. The molecule has 0 aromatic heterocycles. The largest absolute Gasteiger partial charge is 0.396 e. The molecule has 7 N–H and O–H groups in total. The second kappa shape index (κ2) is 20.0. The Balaban J connectivity index is 1.32. The van der Waals surface area contributed by atoms with Gasteiger partial charge >= 0.3 is 0 Å². The number of hydrogen-bond acceptors (Lipinski definition) is 10. The second-order valence-corrected chi connectivity index (χ2v) is 18.9. The van der Waals surface area contributed by atoms with Crippen LogP contribution in [0.5, 0.6) is 0 Å². The number of fused-ring (bicyclic) bond motifs is 3. The summed E-state index contributed by atoms with van der Waals surface area (Å²) in [5.74, 6) is -0.797. The average molecular weight is 829 g/mol. The van der Waals surface area contributed by atoms with E-state index in [-0.39, 0.29) is 42.4 Å². The summed E-state index contributed by atoms with van der Waals surface area (Å²) in [6.45, 7) is 9.36. The number of aliphatic hydroxyl groups is 5. The first-order valence-corrected chi connectivity index (χ1v) is 22.3. The van der Waals surface area contributed by atoms with Gasteiger partial charge in [-0.05, 0) is 156 Å². The fraction of sp³-hybridized carbons (Fsp3) is 0.620. The zero-order valence-electron chi connectivity index (χ0n) is 36.5. The van der Waals surface area contributed by atoms with Crippen LogP contribution in [-0.2, 0) is 27.1 Å². The van der Waals surface area contributed by atoms with Gasteiger partial charge in [-0.15, -0.1) is 0 Å². The molecule has 5 aliphatic rings. The second-order valence-electron chi connectivity index (χ2n) is 18.9. The molecule has 1 aliphatic heterocycles. The van der Waals surface area contributed by atoms with Gasteiger partial charge < -0.3 is 40.3 Å². The van der Waals surface area contributed by atoms with Crippen LogP contribution in [0.15, 0.2) is 95.2 Å². The molecule has 0 radical (unpaired) electrons. The molecule has 0 unspecified atom stereocenters. The standard InChI is InChI=1S/C50H72N2O8/c1-34(39-15-14-35(2)46(57)52-47(3,23-26-59-5)29-37-11-7-10-36(27-37)28-39)9-6-12-41(31-60-33-55)42-17-21-50(45(42)56)44-38(18-25-53)16-20-48(32-49(50,58)22-24-51-4)19-8-13-40(30-54)43(44)48/h6-7,9-12,14,16,20,27,30,38-39,42,44-46,51-53,55-58H,1,8,13,15,17-19,21-26,28-29,31-33H2,2-5H3/b9-6+,35-14+,41-12-/t38-,39-,42+,44-,45-,46+,47-,48-,49-,50-/m1/s1. The highest BCUT2D eigenvalue weighted by Crippen LogP contribution is 2.72. The molecule has 6 rings (SSSR count). The van der Waals surface area contributed by atoms with Crippen LogP contribution in [0.4, 0.5) is 0 Å². The van der Waals surface area contributed by atoms with Crippen molar-refractivity contribution in [3.63, 3.8) is 0 Å². The van der Waals surface area contributed by atoms with E-state index < -0.39 is 35.6 Å². The minimum absolute atomic E-state index is 0.0372. The van der Waals surface area contributed by atoms with Crippen LogP contribution < -0.4 is 10.6 Å². The summed E-state index contributed by atoms with van der Waals surface area (Å²) in [4.78, 5) is 12.8. The molecule has 60 heavy (non-hydrogen) atoms. The number of hydrogen-bond donors (Lipinski definition) is 7. The van der Waals surface area contributed by atoms with Gasteiger partial charge in [-0.3, -0.25) is 10.1 Å². The van der Waals surface area contributed by atoms with Gasteiger partial charge in [0.05, 0.1) is 18.3 Å². The van der Waals surface area contributed by atoms with Gasteiger partial charge in [0, 0.05) is 42.6 Å². The van der Waals surface area contributed by atoms with Crippen LogP contribution in [0.1, 0.15) is 89.2 Å². The number of allylic oxidation sites excluding steroid dienone is 9. The van der Waals surface area contributed by atoms with Crippen LogP contribution in [0.3, 0.4) is 0 Å². The maximum absolute atomic E-state index is 13.2. The summed E-state index contributed by atoms with van der Waals surface area (Å²) in [5, 5.41) is 64.3. The lowest BCUT2D eigenvalue weighted by atomic mass is 9.40. The Bertz CT molecular complexity index is 1830. The van der Waals surface area contributed by atoms with Crippen molar-refractivity contribution in [2.45, 2.75) is 114 Å². The molecule has 10 nitrogen and oxygen atoms in total. The van der Waals surface area contributed by atoms with Crippen molar-refractivity contribution < 1.29 is 39.8 Å². The summed E-state index contributed by atoms with van der Waals surface area (Å²) in [6.07, 6.45) is 19.5. The van der Waals surface area contributed by atoms with E-state index in [1.807, 2.05) is 32.2 Å². The Morgan fingerprint density at radius 2 is 1.95 bits per heavy atom. The number of aldehydes is 1. The molecule has 0 amide bonds. The van der Waals surface area contributed by atoms with Gasteiger partial charge in [0.15, 0.2) is 0 Å². The number of rotatable bonds is 16. The summed E-state index contributed by atoms with van der Waals surface area (Å²) in [6, 6.07) is 8.65. The summed E-state index contributed by atoms with van der Waals surface area (Å²) >= 11 is 0. The Hall–Kier alpha value is -3.03. The maximum Gasteiger partial charge on any atom is 0.146 e. The van der Waals surface area contributed by atoms with Gasteiger partial charge in [0.25, 0.3) is 0 Å². The monoisotopic (exact) mass is 829 g/mol. The van der Waals surface area contributed by atoms with Crippen molar-refractivity contribution in [2.24, 2.45) is 34.5 Å². The van der Waals surface area contributed by atoms with Crippen molar-refractivity contribution in [2.75, 3.05) is 47.3 Å². The quantitative estimate of drug-likeness (QED) is 0.0470. The zero-order valence-corrected chi connectivity index (χ0v) is 36.5. The van der Waals surface area contributed by atoms with E-state index in [0.717, 1.165) is 66.3 Å². The van der Waals surface area contributed by atoms with Crippen molar-refractivity contribution in [1.29, 1.82) is 0 Å². The van der Waals surface area contributed by atoms with Crippen molar-refractivity contribution in [3.8, 4) is 0 Å². The van der Waals surface area contributed by atoms with Crippen LogP contribution in [0, 0.1) is 34.5 Å². The molecule has 1 spiro atoms. The average Bonchev–Trinajstić information content (AvgIpc) is 3.58.